The first-order chi connectivity index (χ1) is 5.82. The molecule has 0 unspecified atom stereocenters. The fourth-order valence-electron chi connectivity index (χ4n) is 0.933. The molecule has 0 bridgehead atoms. The monoisotopic (exact) mass is 227 g/mol. The molecule has 1 aromatic rings. The summed E-state index contributed by atoms with van der Waals surface area (Å²) >= 11 is 5.64. The van der Waals surface area contributed by atoms with Gasteiger partial charge in [0.2, 0.25) is 0 Å². The Bertz CT molecular complexity index is 446. The molecule has 14 heavy (non-hydrogen) atoms. The Labute approximate surface area is 99.4 Å². The molecule has 1 rings (SSSR count). The zero-order valence-electron chi connectivity index (χ0n) is 7.74. The van der Waals surface area contributed by atoms with Gasteiger partial charge in [0.1, 0.15) is 10.1 Å². The van der Waals surface area contributed by atoms with E-state index in [0.717, 1.165) is 6.07 Å². The second-order valence-corrected chi connectivity index (χ2v) is 4.34. The standard InChI is InChI=1S/C7H8ClNO3S.Li/c1-4-6(8)2-5(9)3-7(4)13(10,11)12;/h2-3H,9H2,1H3,(H,10,11,12);/q;+1/p-1. The topological polar surface area (TPSA) is 83.2 Å². The van der Waals surface area contributed by atoms with Crippen molar-refractivity contribution in [3.8, 4) is 0 Å². The number of rotatable bonds is 1. The van der Waals surface area contributed by atoms with Crippen LogP contribution in [0.15, 0.2) is 17.0 Å². The van der Waals surface area contributed by atoms with E-state index in [1.165, 1.54) is 13.0 Å². The van der Waals surface area contributed by atoms with Gasteiger partial charge in [0.05, 0.1) is 4.90 Å². The molecule has 7 heteroatoms. The van der Waals surface area contributed by atoms with E-state index in [0.29, 0.717) is 0 Å². The Kier molecular flexibility index (Phi) is 4.50. The van der Waals surface area contributed by atoms with Crippen LogP contribution >= 0.6 is 11.6 Å². The average molecular weight is 228 g/mol. The van der Waals surface area contributed by atoms with Gasteiger partial charge in [0, 0.05) is 10.7 Å². The Balaban J connectivity index is 0.00000169. The van der Waals surface area contributed by atoms with Gasteiger partial charge in [0.15, 0.2) is 0 Å². The third-order valence-corrected chi connectivity index (χ3v) is 2.94. The van der Waals surface area contributed by atoms with Gasteiger partial charge in [-0.15, -0.1) is 0 Å². The normalized spacial score (nSPS) is 10.8. The van der Waals surface area contributed by atoms with Gasteiger partial charge in [0.25, 0.3) is 0 Å². The van der Waals surface area contributed by atoms with E-state index >= 15 is 0 Å². The van der Waals surface area contributed by atoms with E-state index in [9.17, 15) is 13.0 Å². The van der Waals surface area contributed by atoms with Gasteiger partial charge < -0.3 is 10.3 Å². The van der Waals surface area contributed by atoms with Crippen LogP contribution in [0.2, 0.25) is 5.02 Å². The molecule has 0 aliphatic heterocycles. The molecule has 0 heterocycles. The van der Waals surface area contributed by atoms with Crippen LogP contribution in [0, 0.1) is 6.92 Å². The minimum atomic E-state index is -4.49. The molecule has 0 radical (unpaired) electrons. The molecule has 0 fully saturated rings. The predicted octanol–water partition coefficient (Wildman–Crippen LogP) is -1.86. The first-order valence-electron chi connectivity index (χ1n) is 3.34. The first kappa shape index (κ1) is 13.8. The van der Waals surface area contributed by atoms with Crippen LogP contribution in [-0.4, -0.2) is 13.0 Å². The second-order valence-electron chi connectivity index (χ2n) is 2.58. The van der Waals surface area contributed by atoms with E-state index in [2.05, 4.69) is 0 Å². The molecule has 0 amide bonds. The fraction of sp³-hybridized carbons (Fsp3) is 0.143. The van der Waals surface area contributed by atoms with Crippen LogP contribution in [-0.2, 0) is 10.1 Å². The van der Waals surface area contributed by atoms with Gasteiger partial charge >= 0.3 is 18.9 Å². The number of anilines is 1. The molecule has 0 aromatic heterocycles. The summed E-state index contributed by atoms with van der Waals surface area (Å²) in [6.45, 7) is 1.45. The molecule has 2 N–H and O–H groups in total. The predicted molar refractivity (Wildman–Crippen MR) is 48.6 cm³/mol. The van der Waals surface area contributed by atoms with Gasteiger partial charge in [-0.05, 0) is 24.6 Å². The van der Waals surface area contributed by atoms with E-state index in [-0.39, 0.29) is 40.0 Å². The maximum atomic E-state index is 10.7. The summed E-state index contributed by atoms with van der Waals surface area (Å²) in [5.41, 5.74) is 5.72. The van der Waals surface area contributed by atoms with Crippen molar-refractivity contribution in [3.05, 3.63) is 22.7 Å². The van der Waals surface area contributed by atoms with E-state index in [1.807, 2.05) is 0 Å². The SMILES string of the molecule is Cc1c(Cl)cc(N)cc1S(=O)(=O)[O-].[Li+]. The van der Waals surface area contributed by atoms with E-state index < -0.39 is 10.1 Å². The Morgan fingerprint density at radius 1 is 1.43 bits per heavy atom. The largest absolute Gasteiger partial charge is 1.00 e. The maximum absolute atomic E-state index is 10.7. The zero-order valence-corrected chi connectivity index (χ0v) is 9.32. The summed E-state index contributed by atoms with van der Waals surface area (Å²) in [4.78, 5) is -0.363. The summed E-state index contributed by atoms with van der Waals surface area (Å²) in [6, 6.07) is 2.50. The summed E-state index contributed by atoms with van der Waals surface area (Å²) in [5.74, 6) is 0. The third kappa shape index (κ3) is 2.91. The van der Waals surface area contributed by atoms with Crippen LogP contribution in [0.5, 0.6) is 0 Å². The molecule has 0 saturated heterocycles. The van der Waals surface area contributed by atoms with Crippen LogP contribution in [0.25, 0.3) is 0 Å². The average Bonchev–Trinajstić information content (AvgIpc) is 1.94. The molecular formula is C7H7ClLiNO3S. The number of nitrogen functional groups attached to an aromatic ring is 1. The first-order valence-corrected chi connectivity index (χ1v) is 5.12. The molecule has 4 nitrogen and oxygen atoms in total. The summed E-state index contributed by atoms with van der Waals surface area (Å²) in [7, 11) is -4.49. The smallest absolute Gasteiger partial charge is 0.744 e. The molecule has 0 aliphatic rings. The number of benzene rings is 1. The molecule has 1 aromatic carbocycles. The third-order valence-electron chi connectivity index (χ3n) is 1.59. The summed E-state index contributed by atoms with van der Waals surface area (Å²) < 4.78 is 32.1. The molecule has 0 spiro atoms. The maximum Gasteiger partial charge on any atom is 1.00 e. The quantitative estimate of drug-likeness (QED) is 0.346. The van der Waals surface area contributed by atoms with Crippen LogP contribution < -0.4 is 24.6 Å². The molecular weight excluding hydrogens is 221 g/mol. The second kappa shape index (κ2) is 4.56. The van der Waals surface area contributed by atoms with Gasteiger partial charge in [-0.3, -0.25) is 0 Å². The van der Waals surface area contributed by atoms with Crippen LogP contribution in [0.1, 0.15) is 5.56 Å². The van der Waals surface area contributed by atoms with Crippen LogP contribution in [0.3, 0.4) is 0 Å². The van der Waals surface area contributed by atoms with Gasteiger partial charge in [-0.25, -0.2) is 8.42 Å². The van der Waals surface area contributed by atoms with Crippen molar-refractivity contribution in [2.24, 2.45) is 0 Å². The van der Waals surface area contributed by atoms with Crippen LogP contribution in [0.4, 0.5) is 5.69 Å². The van der Waals surface area contributed by atoms with Crippen molar-refractivity contribution in [2.45, 2.75) is 11.8 Å². The molecule has 0 atom stereocenters. The minimum Gasteiger partial charge on any atom is -0.744 e. The van der Waals surface area contributed by atoms with Crippen molar-refractivity contribution in [1.82, 2.24) is 0 Å². The van der Waals surface area contributed by atoms with Crippen molar-refractivity contribution in [3.63, 3.8) is 0 Å². The van der Waals surface area contributed by atoms with E-state index in [4.69, 9.17) is 17.3 Å². The Morgan fingerprint density at radius 2 is 1.93 bits per heavy atom. The minimum absolute atomic E-state index is 0. The van der Waals surface area contributed by atoms with E-state index in [1.54, 1.807) is 0 Å². The number of hydrogen-bond acceptors (Lipinski definition) is 4. The van der Waals surface area contributed by atoms with Gasteiger partial charge in [-0.2, -0.15) is 0 Å². The van der Waals surface area contributed by atoms with Crippen molar-refractivity contribution in [1.29, 1.82) is 0 Å². The number of nitrogens with two attached hydrogens (primary N) is 1. The van der Waals surface area contributed by atoms with Gasteiger partial charge in [-0.1, -0.05) is 11.6 Å². The fourth-order valence-corrected chi connectivity index (χ4v) is 1.98. The summed E-state index contributed by atoms with van der Waals surface area (Å²) in [6.07, 6.45) is 0. The molecule has 72 valence electrons. The zero-order chi connectivity index (χ0) is 10.2. The number of halogens is 1. The van der Waals surface area contributed by atoms with Crippen molar-refractivity contribution >= 4 is 27.4 Å². The molecule has 0 saturated carbocycles. The number of hydrogen-bond donors (Lipinski definition) is 1. The molecule has 0 aliphatic carbocycles. The summed E-state index contributed by atoms with van der Waals surface area (Å²) in [5, 5.41) is 0.175. The van der Waals surface area contributed by atoms with Crippen molar-refractivity contribution < 1.29 is 31.8 Å². The Hall–Kier alpha value is -0.183. The Morgan fingerprint density at radius 3 is 2.36 bits per heavy atom. The van der Waals surface area contributed by atoms with Crippen molar-refractivity contribution in [2.75, 3.05) is 5.73 Å².